The van der Waals surface area contributed by atoms with Gasteiger partial charge in [0.25, 0.3) is 0 Å². The molecule has 2 amide bonds. The Bertz CT molecular complexity index is 1020. The largest absolute Gasteiger partial charge is 0.370 e. The first-order valence-corrected chi connectivity index (χ1v) is 11.4. The van der Waals surface area contributed by atoms with Crippen LogP contribution < -0.4 is 15.1 Å². The second-order valence-corrected chi connectivity index (χ2v) is 8.71. The van der Waals surface area contributed by atoms with Crippen LogP contribution in [0.2, 0.25) is 0 Å². The molecule has 8 nitrogen and oxygen atoms in total. The summed E-state index contributed by atoms with van der Waals surface area (Å²) >= 11 is 0. The number of carbonyl (C=O) groups is 2. The number of aromatic nitrogens is 2. The second kappa shape index (κ2) is 9.14. The molecule has 8 heteroatoms. The predicted octanol–water partition coefficient (Wildman–Crippen LogP) is 2.54. The van der Waals surface area contributed by atoms with Crippen molar-refractivity contribution in [2.24, 2.45) is 5.92 Å². The maximum atomic E-state index is 13.2. The van der Waals surface area contributed by atoms with E-state index in [4.69, 9.17) is 0 Å². The van der Waals surface area contributed by atoms with E-state index in [1.165, 1.54) is 5.56 Å². The van der Waals surface area contributed by atoms with Gasteiger partial charge in [-0.15, -0.1) is 0 Å². The molecule has 3 heterocycles. The zero-order valence-electron chi connectivity index (χ0n) is 19.4. The van der Waals surface area contributed by atoms with Crippen LogP contribution in [-0.4, -0.2) is 66.0 Å². The lowest BCUT2D eigenvalue weighted by Crippen LogP contribution is -2.51. The van der Waals surface area contributed by atoms with Crippen LogP contribution in [0, 0.1) is 26.7 Å². The zero-order chi connectivity index (χ0) is 22.8. The molecule has 0 aliphatic carbocycles. The van der Waals surface area contributed by atoms with Gasteiger partial charge in [-0.2, -0.15) is 4.98 Å². The second-order valence-electron chi connectivity index (χ2n) is 8.71. The summed E-state index contributed by atoms with van der Waals surface area (Å²) in [5.41, 5.74) is 4.14. The molecule has 2 aromatic rings. The first kappa shape index (κ1) is 22.0. The molecule has 1 unspecified atom stereocenters. The van der Waals surface area contributed by atoms with Crippen molar-refractivity contribution in [1.82, 2.24) is 14.9 Å². The summed E-state index contributed by atoms with van der Waals surface area (Å²) < 4.78 is 0. The third kappa shape index (κ3) is 4.54. The molecule has 32 heavy (non-hydrogen) atoms. The molecule has 170 valence electrons. The maximum absolute atomic E-state index is 13.2. The molecular formula is C24H32N6O2. The smallest absolute Gasteiger partial charge is 0.228 e. The van der Waals surface area contributed by atoms with E-state index >= 15 is 0 Å². The SMILES string of the molecule is CCNc1cc(C)nc(N2CCN(C(=O)C3CC(=O)N(c4ccc(C)c(C)c4)C3)CC2)n1. The predicted molar refractivity (Wildman–Crippen MR) is 126 cm³/mol. The van der Waals surface area contributed by atoms with Gasteiger partial charge in [0.2, 0.25) is 17.8 Å². The quantitative estimate of drug-likeness (QED) is 0.776. The van der Waals surface area contributed by atoms with Crippen molar-refractivity contribution >= 4 is 29.3 Å². The number of piperazine rings is 1. The Morgan fingerprint density at radius 1 is 1.06 bits per heavy atom. The third-order valence-corrected chi connectivity index (χ3v) is 6.35. The first-order chi connectivity index (χ1) is 15.4. The van der Waals surface area contributed by atoms with Crippen molar-refractivity contribution in [3.63, 3.8) is 0 Å². The van der Waals surface area contributed by atoms with E-state index in [1.807, 2.05) is 49.9 Å². The van der Waals surface area contributed by atoms with Crippen molar-refractivity contribution in [1.29, 1.82) is 0 Å². The number of nitrogens with one attached hydrogen (secondary N) is 1. The zero-order valence-corrected chi connectivity index (χ0v) is 19.4. The Hall–Kier alpha value is -3.16. The summed E-state index contributed by atoms with van der Waals surface area (Å²) in [5.74, 6) is 1.33. The lowest BCUT2D eigenvalue weighted by Gasteiger charge is -2.36. The van der Waals surface area contributed by atoms with Gasteiger partial charge < -0.3 is 20.0 Å². The number of nitrogens with zero attached hydrogens (tertiary/aromatic N) is 5. The van der Waals surface area contributed by atoms with Crippen molar-refractivity contribution in [2.75, 3.05) is 54.4 Å². The maximum Gasteiger partial charge on any atom is 0.228 e. The van der Waals surface area contributed by atoms with Crippen LogP contribution in [0.15, 0.2) is 24.3 Å². The molecule has 1 aromatic heterocycles. The van der Waals surface area contributed by atoms with Gasteiger partial charge in [0.1, 0.15) is 5.82 Å². The summed E-state index contributed by atoms with van der Waals surface area (Å²) in [6.45, 7) is 11.9. The molecule has 0 bridgehead atoms. The van der Waals surface area contributed by atoms with Gasteiger partial charge in [-0.3, -0.25) is 9.59 Å². The summed E-state index contributed by atoms with van der Waals surface area (Å²) in [5, 5.41) is 3.24. The summed E-state index contributed by atoms with van der Waals surface area (Å²) in [4.78, 5) is 40.8. The van der Waals surface area contributed by atoms with Crippen molar-refractivity contribution < 1.29 is 9.59 Å². The van der Waals surface area contributed by atoms with Gasteiger partial charge in [-0.05, 0) is 51.0 Å². The molecule has 2 aliphatic heterocycles. The third-order valence-electron chi connectivity index (χ3n) is 6.35. The molecule has 2 aliphatic rings. The van der Waals surface area contributed by atoms with Gasteiger partial charge >= 0.3 is 0 Å². The van der Waals surface area contributed by atoms with Crippen LogP contribution in [0.4, 0.5) is 17.5 Å². The Morgan fingerprint density at radius 3 is 2.50 bits per heavy atom. The molecule has 2 saturated heterocycles. The first-order valence-electron chi connectivity index (χ1n) is 11.4. The molecule has 1 N–H and O–H groups in total. The molecule has 0 spiro atoms. The highest BCUT2D eigenvalue weighted by molar-refractivity contribution is 6.00. The van der Waals surface area contributed by atoms with E-state index in [0.29, 0.717) is 38.7 Å². The van der Waals surface area contributed by atoms with Crippen molar-refractivity contribution in [2.45, 2.75) is 34.1 Å². The van der Waals surface area contributed by atoms with Crippen LogP contribution in [0.25, 0.3) is 0 Å². The van der Waals surface area contributed by atoms with Gasteiger partial charge in [0.05, 0.1) is 5.92 Å². The minimum Gasteiger partial charge on any atom is -0.370 e. The molecular weight excluding hydrogens is 404 g/mol. The Kier molecular flexibility index (Phi) is 6.30. The Balaban J connectivity index is 1.37. The van der Waals surface area contributed by atoms with Crippen molar-refractivity contribution in [3.05, 3.63) is 41.1 Å². The summed E-state index contributed by atoms with van der Waals surface area (Å²) in [6.07, 6.45) is 0.277. The van der Waals surface area contributed by atoms with Gasteiger partial charge in [-0.1, -0.05) is 6.07 Å². The Morgan fingerprint density at radius 2 is 1.81 bits per heavy atom. The highest BCUT2D eigenvalue weighted by atomic mass is 16.2. The molecule has 0 saturated carbocycles. The number of amides is 2. The van der Waals surface area contributed by atoms with Crippen LogP contribution in [0.3, 0.4) is 0 Å². The van der Waals surface area contributed by atoms with E-state index < -0.39 is 0 Å². The number of aryl methyl sites for hydroxylation is 3. The number of carbonyl (C=O) groups excluding carboxylic acids is 2. The lowest BCUT2D eigenvalue weighted by molar-refractivity contribution is -0.136. The molecule has 2 fully saturated rings. The fourth-order valence-corrected chi connectivity index (χ4v) is 4.37. The molecule has 4 rings (SSSR count). The fraction of sp³-hybridized carbons (Fsp3) is 0.500. The lowest BCUT2D eigenvalue weighted by atomic mass is 10.1. The van der Waals surface area contributed by atoms with Gasteiger partial charge in [0, 0.05) is 63.1 Å². The van der Waals surface area contributed by atoms with Gasteiger partial charge in [-0.25, -0.2) is 4.98 Å². The van der Waals surface area contributed by atoms with Crippen LogP contribution in [0.5, 0.6) is 0 Å². The summed E-state index contributed by atoms with van der Waals surface area (Å²) in [7, 11) is 0. The normalized spacial score (nSPS) is 18.9. The number of rotatable bonds is 5. The number of benzene rings is 1. The number of hydrogen-bond acceptors (Lipinski definition) is 6. The monoisotopic (exact) mass is 436 g/mol. The van der Waals surface area contributed by atoms with Crippen LogP contribution in [0.1, 0.15) is 30.2 Å². The molecule has 0 radical (unpaired) electrons. The minimum absolute atomic E-state index is 0.0225. The average molecular weight is 437 g/mol. The fourth-order valence-electron chi connectivity index (χ4n) is 4.37. The average Bonchev–Trinajstić information content (AvgIpc) is 3.17. The highest BCUT2D eigenvalue weighted by Crippen LogP contribution is 2.28. The highest BCUT2D eigenvalue weighted by Gasteiger charge is 2.38. The van der Waals surface area contributed by atoms with Crippen LogP contribution in [-0.2, 0) is 9.59 Å². The van der Waals surface area contributed by atoms with E-state index in [0.717, 1.165) is 29.3 Å². The van der Waals surface area contributed by atoms with Crippen molar-refractivity contribution in [3.8, 4) is 0 Å². The summed E-state index contributed by atoms with van der Waals surface area (Å²) in [6, 6.07) is 7.96. The number of hydrogen-bond donors (Lipinski definition) is 1. The number of anilines is 3. The van der Waals surface area contributed by atoms with E-state index in [9.17, 15) is 9.59 Å². The van der Waals surface area contributed by atoms with E-state index in [-0.39, 0.29) is 24.2 Å². The molecule has 1 atom stereocenters. The topological polar surface area (TPSA) is 81.7 Å². The standard InChI is InChI=1S/C24H32N6O2/c1-5-25-21-13-18(4)26-24(27-21)29-10-8-28(9-11-29)23(32)19-14-22(31)30(15-19)20-7-6-16(2)17(3)12-20/h6-7,12-13,19H,5,8-11,14-15H2,1-4H3,(H,25,26,27). The van der Waals surface area contributed by atoms with E-state index in [1.54, 1.807) is 4.90 Å². The van der Waals surface area contributed by atoms with E-state index in [2.05, 4.69) is 27.1 Å². The van der Waals surface area contributed by atoms with Crippen LogP contribution >= 0.6 is 0 Å². The molecule has 1 aromatic carbocycles. The van der Waals surface area contributed by atoms with Gasteiger partial charge in [0.15, 0.2) is 0 Å². The Labute approximate surface area is 189 Å². The minimum atomic E-state index is -0.286.